The highest BCUT2D eigenvalue weighted by Crippen LogP contribution is 2.11. The van der Waals surface area contributed by atoms with Gasteiger partial charge in [0.15, 0.2) is 0 Å². The molecular formula is C12H15N3O2S2. The highest BCUT2D eigenvalue weighted by molar-refractivity contribution is 7.89. The number of aryl methyl sites for hydroxylation is 1. The van der Waals surface area contributed by atoms with Crippen LogP contribution in [0.3, 0.4) is 0 Å². The first-order valence-electron chi connectivity index (χ1n) is 5.68. The van der Waals surface area contributed by atoms with Crippen molar-refractivity contribution in [3.05, 3.63) is 45.9 Å². The van der Waals surface area contributed by atoms with Gasteiger partial charge in [-0.15, -0.1) is 11.3 Å². The molecule has 0 fully saturated rings. The lowest BCUT2D eigenvalue weighted by Crippen LogP contribution is -2.15. The number of benzene rings is 1. The molecule has 1 heterocycles. The van der Waals surface area contributed by atoms with Gasteiger partial charge in [-0.2, -0.15) is 0 Å². The Morgan fingerprint density at radius 2 is 2.16 bits per heavy atom. The Morgan fingerprint density at radius 3 is 2.79 bits per heavy atom. The molecule has 102 valence electrons. The zero-order valence-electron chi connectivity index (χ0n) is 10.5. The fourth-order valence-corrected chi connectivity index (χ4v) is 2.96. The minimum Gasteiger partial charge on any atom is -0.306 e. The van der Waals surface area contributed by atoms with Gasteiger partial charge in [-0.3, -0.25) is 0 Å². The molecule has 5 nitrogen and oxygen atoms in total. The molecule has 0 saturated heterocycles. The zero-order valence-corrected chi connectivity index (χ0v) is 12.1. The molecule has 7 heteroatoms. The van der Waals surface area contributed by atoms with E-state index < -0.39 is 10.0 Å². The monoisotopic (exact) mass is 297 g/mol. The largest absolute Gasteiger partial charge is 0.306 e. The Kier molecular flexibility index (Phi) is 4.31. The van der Waals surface area contributed by atoms with Gasteiger partial charge >= 0.3 is 0 Å². The van der Waals surface area contributed by atoms with Gasteiger partial charge in [-0.05, 0) is 24.6 Å². The Labute approximate surface area is 116 Å². The summed E-state index contributed by atoms with van der Waals surface area (Å²) in [4.78, 5) is 4.47. The third-order valence-corrected chi connectivity index (χ3v) is 4.38. The lowest BCUT2D eigenvalue weighted by molar-refractivity contribution is 0.597. The number of rotatable bonds is 5. The van der Waals surface area contributed by atoms with Crippen LogP contribution in [-0.2, 0) is 23.1 Å². The van der Waals surface area contributed by atoms with Crippen LogP contribution in [0.1, 0.15) is 16.3 Å². The van der Waals surface area contributed by atoms with Crippen molar-refractivity contribution in [3.8, 4) is 0 Å². The van der Waals surface area contributed by atoms with E-state index in [4.69, 9.17) is 5.14 Å². The van der Waals surface area contributed by atoms with Crippen LogP contribution in [0.15, 0.2) is 34.5 Å². The normalized spacial score (nSPS) is 11.7. The SMILES string of the molecule is Cc1csc(CNCc2cccc(S(N)(=O)=O)c2)n1. The van der Waals surface area contributed by atoms with Crippen molar-refractivity contribution in [1.82, 2.24) is 10.3 Å². The second kappa shape index (κ2) is 5.79. The highest BCUT2D eigenvalue weighted by atomic mass is 32.2. The van der Waals surface area contributed by atoms with Crippen LogP contribution in [0.5, 0.6) is 0 Å². The highest BCUT2D eigenvalue weighted by Gasteiger charge is 2.07. The summed E-state index contributed by atoms with van der Waals surface area (Å²) in [5.74, 6) is 0. The Morgan fingerprint density at radius 1 is 1.37 bits per heavy atom. The van der Waals surface area contributed by atoms with E-state index in [2.05, 4.69) is 10.3 Å². The van der Waals surface area contributed by atoms with Gasteiger partial charge in [-0.25, -0.2) is 18.5 Å². The fraction of sp³-hybridized carbons (Fsp3) is 0.250. The Balaban J connectivity index is 1.96. The molecule has 0 unspecified atom stereocenters. The van der Waals surface area contributed by atoms with Crippen LogP contribution in [0, 0.1) is 6.92 Å². The van der Waals surface area contributed by atoms with Crippen LogP contribution in [0.25, 0.3) is 0 Å². The number of hydrogen-bond acceptors (Lipinski definition) is 5. The Hall–Kier alpha value is -1.28. The second-order valence-corrected chi connectivity index (χ2v) is 6.68. The number of primary sulfonamides is 1. The van der Waals surface area contributed by atoms with E-state index in [1.165, 1.54) is 6.07 Å². The molecule has 0 spiro atoms. The van der Waals surface area contributed by atoms with Crippen LogP contribution in [0.4, 0.5) is 0 Å². The van der Waals surface area contributed by atoms with Crippen molar-refractivity contribution in [2.24, 2.45) is 5.14 Å². The molecule has 1 aromatic carbocycles. The summed E-state index contributed by atoms with van der Waals surface area (Å²) in [6, 6.07) is 6.61. The molecular weight excluding hydrogens is 282 g/mol. The molecule has 0 aliphatic heterocycles. The standard InChI is InChI=1S/C12H15N3O2S2/c1-9-8-18-12(15-9)7-14-6-10-3-2-4-11(5-10)19(13,16)17/h2-5,8,14H,6-7H2,1H3,(H2,13,16,17). The minimum absolute atomic E-state index is 0.136. The predicted octanol–water partition coefficient (Wildman–Crippen LogP) is 1.39. The molecule has 0 bridgehead atoms. The van der Waals surface area contributed by atoms with Crippen LogP contribution in [-0.4, -0.2) is 13.4 Å². The smallest absolute Gasteiger partial charge is 0.238 e. The maximum absolute atomic E-state index is 11.2. The summed E-state index contributed by atoms with van der Waals surface area (Å²) in [5.41, 5.74) is 1.89. The summed E-state index contributed by atoms with van der Waals surface area (Å²) < 4.78 is 22.5. The van der Waals surface area contributed by atoms with Crippen molar-refractivity contribution in [3.63, 3.8) is 0 Å². The quantitative estimate of drug-likeness (QED) is 0.873. The van der Waals surface area contributed by atoms with Gasteiger partial charge in [0.25, 0.3) is 0 Å². The van der Waals surface area contributed by atoms with E-state index in [1.807, 2.05) is 18.4 Å². The predicted molar refractivity (Wildman–Crippen MR) is 75.2 cm³/mol. The van der Waals surface area contributed by atoms with E-state index in [0.717, 1.165) is 16.3 Å². The summed E-state index contributed by atoms with van der Waals surface area (Å²) in [6.07, 6.45) is 0. The maximum atomic E-state index is 11.2. The minimum atomic E-state index is -3.64. The number of hydrogen-bond donors (Lipinski definition) is 2. The van der Waals surface area contributed by atoms with Gasteiger partial charge < -0.3 is 5.32 Å². The van der Waals surface area contributed by atoms with Crippen LogP contribution < -0.4 is 10.5 Å². The van der Waals surface area contributed by atoms with Crippen molar-refractivity contribution in [2.75, 3.05) is 0 Å². The van der Waals surface area contributed by atoms with E-state index in [1.54, 1.807) is 23.5 Å². The number of nitrogens with one attached hydrogen (secondary N) is 1. The second-order valence-electron chi connectivity index (χ2n) is 4.18. The van der Waals surface area contributed by atoms with E-state index in [9.17, 15) is 8.42 Å². The molecule has 19 heavy (non-hydrogen) atoms. The third kappa shape index (κ3) is 4.10. The van der Waals surface area contributed by atoms with Crippen molar-refractivity contribution in [1.29, 1.82) is 0 Å². The number of thiazole rings is 1. The lowest BCUT2D eigenvalue weighted by Gasteiger charge is -2.05. The Bertz CT molecular complexity index is 665. The first kappa shape index (κ1) is 14.1. The van der Waals surface area contributed by atoms with Crippen molar-refractivity contribution >= 4 is 21.4 Å². The van der Waals surface area contributed by atoms with Gasteiger partial charge in [0, 0.05) is 24.2 Å². The van der Waals surface area contributed by atoms with Gasteiger partial charge in [-0.1, -0.05) is 12.1 Å². The van der Waals surface area contributed by atoms with Crippen molar-refractivity contribution in [2.45, 2.75) is 24.9 Å². The molecule has 0 radical (unpaired) electrons. The molecule has 0 aliphatic carbocycles. The maximum Gasteiger partial charge on any atom is 0.238 e. The zero-order chi connectivity index (χ0) is 13.9. The van der Waals surface area contributed by atoms with Crippen LogP contribution in [0.2, 0.25) is 0 Å². The van der Waals surface area contributed by atoms with E-state index in [0.29, 0.717) is 13.1 Å². The summed E-state index contributed by atoms with van der Waals surface area (Å²) in [5, 5.41) is 11.3. The van der Waals surface area contributed by atoms with Gasteiger partial charge in [0.2, 0.25) is 10.0 Å². The number of nitrogens with two attached hydrogens (primary N) is 1. The van der Waals surface area contributed by atoms with E-state index in [-0.39, 0.29) is 4.90 Å². The number of nitrogens with zero attached hydrogens (tertiary/aromatic N) is 1. The topological polar surface area (TPSA) is 85.1 Å². The fourth-order valence-electron chi connectivity index (χ4n) is 1.63. The molecule has 3 N–H and O–H groups in total. The molecule has 0 atom stereocenters. The molecule has 2 rings (SSSR count). The van der Waals surface area contributed by atoms with Crippen LogP contribution >= 0.6 is 11.3 Å². The lowest BCUT2D eigenvalue weighted by atomic mass is 10.2. The summed E-state index contributed by atoms with van der Waals surface area (Å²) >= 11 is 1.60. The molecule has 2 aromatic rings. The van der Waals surface area contributed by atoms with E-state index >= 15 is 0 Å². The number of aromatic nitrogens is 1. The van der Waals surface area contributed by atoms with Crippen molar-refractivity contribution < 1.29 is 8.42 Å². The van der Waals surface area contributed by atoms with Gasteiger partial charge in [0.05, 0.1) is 4.90 Å². The van der Waals surface area contributed by atoms with Gasteiger partial charge in [0.1, 0.15) is 5.01 Å². The molecule has 1 aromatic heterocycles. The average Bonchev–Trinajstić information content (AvgIpc) is 2.74. The third-order valence-electron chi connectivity index (χ3n) is 2.50. The molecule has 0 aliphatic rings. The first-order chi connectivity index (χ1) is 8.95. The summed E-state index contributed by atoms with van der Waals surface area (Å²) in [7, 11) is -3.64. The average molecular weight is 297 g/mol. The molecule has 0 amide bonds. The number of sulfonamides is 1. The summed E-state index contributed by atoms with van der Waals surface area (Å²) in [6.45, 7) is 3.19. The first-order valence-corrected chi connectivity index (χ1v) is 8.11. The molecule has 0 saturated carbocycles.